The number of nitrogen functional groups attached to an aromatic ring is 1. The summed E-state index contributed by atoms with van der Waals surface area (Å²) in [4.78, 5) is 17.6. The molecule has 0 saturated carbocycles. The van der Waals surface area contributed by atoms with Crippen LogP contribution >= 0.6 is 15.9 Å². The first-order chi connectivity index (χ1) is 4.74. The first kappa shape index (κ1) is 7.14. The zero-order valence-corrected chi connectivity index (χ0v) is 6.50. The molecule has 2 N–H and O–H groups in total. The van der Waals surface area contributed by atoms with Crippen LogP contribution in [0.25, 0.3) is 0 Å². The van der Waals surface area contributed by atoms with Crippen molar-refractivity contribution in [2.24, 2.45) is 0 Å². The highest BCUT2D eigenvalue weighted by Crippen LogP contribution is 2.07. The van der Waals surface area contributed by atoms with Gasteiger partial charge in [0.15, 0.2) is 12.1 Å². The second kappa shape index (κ2) is 2.74. The lowest BCUT2D eigenvalue weighted by Gasteiger charge is -1.94. The maximum absolute atomic E-state index is 10.1. The number of rotatable bonds is 1. The van der Waals surface area contributed by atoms with Gasteiger partial charge in [-0.3, -0.25) is 4.79 Å². The van der Waals surface area contributed by atoms with Crippen LogP contribution in [0.15, 0.2) is 10.8 Å². The van der Waals surface area contributed by atoms with E-state index in [0.29, 0.717) is 10.9 Å². The number of carbonyl (C=O) groups excluding carboxylic acids is 1. The lowest BCUT2D eigenvalue weighted by atomic mass is 10.4. The maximum atomic E-state index is 10.1. The quantitative estimate of drug-likeness (QED) is 0.678. The van der Waals surface area contributed by atoms with Crippen LogP contribution in [-0.4, -0.2) is 16.3 Å². The molecule has 0 amide bonds. The molecular weight excluding hydrogens is 198 g/mol. The second-order valence-corrected chi connectivity index (χ2v) is 2.39. The van der Waals surface area contributed by atoms with Gasteiger partial charge in [-0.25, -0.2) is 9.97 Å². The number of nitrogens with zero attached hydrogens (tertiary/aromatic N) is 2. The van der Waals surface area contributed by atoms with Crippen LogP contribution in [0.4, 0.5) is 5.82 Å². The van der Waals surface area contributed by atoms with Crippen LogP contribution in [0.1, 0.15) is 10.5 Å². The molecule has 0 spiro atoms. The molecule has 1 aromatic rings. The average molecular weight is 202 g/mol. The molecule has 0 fully saturated rings. The second-order valence-electron chi connectivity index (χ2n) is 1.58. The average Bonchev–Trinajstić information content (AvgIpc) is 1.88. The summed E-state index contributed by atoms with van der Waals surface area (Å²) in [6, 6.07) is 0. The third kappa shape index (κ3) is 1.30. The van der Waals surface area contributed by atoms with Crippen LogP contribution in [0.2, 0.25) is 0 Å². The largest absolute Gasteiger partial charge is 0.382 e. The van der Waals surface area contributed by atoms with E-state index in [1.165, 1.54) is 6.20 Å². The Bertz CT molecular complexity index is 263. The van der Waals surface area contributed by atoms with Gasteiger partial charge in [0.2, 0.25) is 0 Å². The van der Waals surface area contributed by atoms with Crippen molar-refractivity contribution in [2.45, 2.75) is 0 Å². The number of hydrogen-bond donors (Lipinski definition) is 1. The Hall–Kier alpha value is -0.970. The van der Waals surface area contributed by atoms with E-state index in [9.17, 15) is 4.79 Å². The van der Waals surface area contributed by atoms with Gasteiger partial charge in [0.25, 0.3) is 0 Å². The molecular formula is C5H4BrN3O. The molecule has 0 unspecified atom stereocenters. The Kier molecular flexibility index (Phi) is 1.96. The molecule has 0 aromatic carbocycles. The number of aromatic nitrogens is 2. The van der Waals surface area contributed by atoms with Crippen molar-refractivity contribution in [2.75, 3.05) is 5.73 Å². The third-order valence-corrected chi connectivity index (χ3v) is 1.29. The lowest BCUT2D eigenvalue weighted by Crippen LogP contribution is -1.99. The molecule has 0 atom stereocenters. The Morgan fingerprint density at radius 2 is 2.40 bits per heavy atom. The summed E-state index contributed by atoms with van der Waals surface area (Å²) >= 11 is 3.06. The lowest BCUT2D eigenvalue weighted by molar-refractivity contribution is 0.111. The first-order valence-corrected chi connectivity index (χ1v) is 3.26. The molecule has 52 valence electrons. The van der Waals surface area contributed by atoms with Gasteiger partial charge >= 0.3 is 0 Å². The molecule has 1 heterocycles. The highest BCUT2D eigenvalue weighted by Gasteiger charge is 1.99. The molecule has 1 rings (SSSR count). The fourth-order valence-electron chi connectivity index (χ4n) is 0.481. The smallest absolute Gasteiger partial charge is 0.172 e. The zero-order chi connectivity index (χ0) is 7.56. The van der Waals surface area contributed by atoms with E-state index in [-0.39, 0.29) is 11.5 Å². The molecule has 0 radical (unpaired) electrons. The van der Waals surface area contributed by atoms with Crippen LogP contribution < -0.4 is 5.73 Å². The van der Waals surface area contributed by atoms with Crippen molar-refractivity contribution >= 4 is 28.0 Å². The van der Waals surface area contributed by atoms with Gasteiger partial charge in [-0.15, -0.1) is 0 Å². The van der Waals surface area contributed by atoms with E-state index in [1.807, 2.05) is 0 Å². The number of carbonyl (C=O) groups is 1. The predicted molar refractivity (Wildman–Crippen MR) is 39.5 cm³/mol. The van der Waals surface area contributed by atoms with Crippen LogP contribution in [0, 0.1) is 0 Å². The van der Waals surface area contributed by atoms with Gasteiger partial charge in [-0.2, -0.15) is 0 Å². The van der Waals surface area contributed by atoms with Gasteiger partial charge in [-0.1, -0.05) is 0 Å². The fraction of sp³-hybridized carbons (Fsp3) is 0. The highest BCUT2D eigenvalue weighted by atomic mass is 79.9. The molecule has 0 saturated heterocycles. The van der Waals surface area contributed by atoms with Gasteiger partial charge in [0.05, 0.1) is 6.20 Å². The molecule has 5 heteroatoms. The van der Waals surface area contributed by atoms with Gasteiger partial charge in [-0.05, 0) is 15.9 Å². The number of hydrogen-bond acceptors (Lipinski definition) is 4. The van der Waals surface area contributed by atoms with Crippen LogP contribution in [0.3, 0.4) is 0 Å². The minimum atomic E-state index is 0.143. The number of anilines is 1. The van der Waals surface area contributed by atoms with E-state index in [2.05, 4.69) is 25.9 Å². The van der Waals surface area contributed by atoms with Gasteiger partial charge in [0, 0.05) is 0 Å². The van der Waals surface area contributed by atoms with E-state index < -0.39 is 0 Å². The van der Waals surface area contributed by atoms with Crippen LogP contribution in [-0.2, 0) is 0 Å². The van der Waals surface area contributed by atoms with Crippen molar-refractivity contribution in [3.05, 3.63) is 16.5 Å². The first-order valence-electron chi connectivity index (χ1n) is 2.47. The van der Waals surface area contributed by atoms with Crippen molar-refractivity contribution < 1.29 is 4.79 Å². The van der Waals surface area contributed by atoms with Crippen LogP contribution in [0.5, 0.6) is 0 Å². The van der Waals surface area contributed by atoms with Crippen molar-refractivity contribution in [1.82, 2.24) is 9.97 Å². The number of aldehydes is 1. The third-order valence-electron chi connectivity index (χ3n) is 0.911. The summed E-state index contributed by atoms with van der Waals surface area (Å²) < 4.78 is 0.524. The summed E-state index contributed by atoms with van der Waals surface area (Å²) in [5.74, 6) is 0.143. The summed E-state index contributed by atoms with van der Waals surface area (Å²) in [5.41, 5.74) is 5.47. The van der Waals surface area contributed by atoms with Crippen molar-refractivity contribution in [1.29, 1.82) is 0 Å². The van der Waals surface area contributed by atoms with Gasteiger partial charge in [0.1, 0.15) is 10.3 Å². The highest BCUT2D eigenvalue weighted by molar-refractivity contribution is 9.10. The predicted octanol–water partition coefficient (Wildman–Crippen LogP) is 0.634. The normalized spacial score (nSPS) is 9.30. The Labute approximate surface area is 65.6 Å². The van der Waals surface area contributed by atoms with Gasteiger partial charge < -0.3 is 5.73 Å². The molecule has 0 aliphatic heterocycles. The summed E-state index contributed by atoms with van der Waals surface area (Å²) in [7, 11) is 0. The fourth-order valence-corrected chi connectivity index (χ4v) is 0.774. The SMILES string of the molecule is Nc1nc(Br)cnc1C=O. The molecule has 0 aliphatic rings. The maximum Gasteiger partial charge on any atom is 0.172 e. The zero-order valence-electron chi connectivity index (χ0n) is 4.91. The molecule has 1 aromatic heterocycles. The molecule has 10 heavy (non-hydrogen) atoms. The Balaban J connectivity index is 3.19. The minimum absolute atomic E-state index is 0.143. The summed E-state index contributed by atoms with van der Waals surface area (Å²) in [5, 5.41) is 0. The standard InChI is InChI=1S/C5H4BrN3O/c6-4-1-8-3(2-10)5(7)9-4/h1-2H,(H2,7,9). The van der Waals surface area contributed by atoms with E-state index in [1.54, 1.807) is 0 Å². The Morgan fingerprint density at radius 1 is 1.70 bits per heavy atom. The monoisotopic (exact) mass is 201 g/mol. The molecule has 0 bridgehead atoms. The van der Waals surface area contributed by atoms with E-state index in [0.717, 1.165) is 0 Å². The summed E-state index contributed by atoms with van der Waals surface area (Å²) in [6.07, 6.45) is 1.98. The number of nitrogens with two attached hydrogens (primary N) is 1. The van der Waals surface area contributed by atoms with E-state index in [4.69, 9.17) is 5.73 Å². The molecule has 4 nitrogen and oxygen atoms in total. The topological polar surface area (TPSA) is 68.9 Å². The van der Waals surface area contributed by atoms with Crippen molar-refractivity contribution in [3.8, 4) is 0 Å². The summed E-state index contributed by atoms with van der Waals surface area (Å²) in [6.45, 7) is 0. The Morgan fingerprint density at radius 3 is 2.90 bits per heavy atom. The minimum Gasteiger partial charge on any atom is -0.382 e. The molecule has 0 aliphatic carbocycles. The van der Waals surface area contributed by atoms with Crippen molar-refractivity contribution in [3.63, 3.8) is 0 Å². The van der Waals surface area contributed by atoms with E-state index >= 15 is 0 Å². The number of halogens is 1.